The fraction of sp³-hybridized carbons (Fsp3) is 0.444. The minimum atomic E-state index is -0.303. The number of carbonyl (C=O) groups is 1. The molecule has 5 nitrogen and oxygen atoms in total. The lowest BCUT2D eigenvalue weighted by Crippen LogP contribution is -2.26. The van der Waals surface area contributed by atoms with Crippen LogP contribution in [0.4, 0.5) is 4.39 Å². The summed E-state index contributed by atoms with van der Waals surface area (Å²) in [6.45, 7) is 1.05. The number of halogens is 1. The average Bonchev–Trinajstić information content (AvgIpc) is 3.09. The molecule has 1 aliphatic rings. The van der Waals surface area contributed by atoms with Gasteiger partial charge in [0.15, 0.2) is 11.7 Å². The molecule has 1 fully saturated rings. The molecule has 24 heavy (non-hydrogen) atoms. The predicted octanol–water partition coefficient (Wildman–Crippen LogP) is 3.53. The minimum absolute atomic E-state index is 0.0227. The number of hydrogen-bond acceptors (Lipinski definition) is 5. The van der Waals surface area contributed by atoms with Crippen molar-refractivity contribution in [1.82, 2.24) is 4.98 Å². The van der Waals surface area contributed by atoms with Crippen molar-refractivity contribution < 1.29 is 23.1 Å². The summed E-state index contributed by atoms with van der Waals surface area (Å²) in [5, 5.41) is 0. The Morgan fingerprint density at radius 2 is 2.12 bits per heavy atom. The van der Waals surface area contributed by atoms with Crippen LogP contribution in [0.25, 0.3) is 11.3 Å². The smallest absolute Gasteiger partial charge is 0.306 e. The van der Waals surface area contributed by atoms with Crippen molar-refractivity contribution in [3.05, 3.63) is 42.2 Å². The first-order valence-corrected chi connectivity index (χ1v) is 8.18. The zero-order chi connectivity index (χ0) is 16.8. The largest absolute Gasteiger partial charge is 0.463 e. The van der Waals surface area contributed by atoms with E-state index in [1.165, 1.54) is 12.1 Å². The number of oxazole rings is 1. The molecule has 0 bridgehead atoms. The van der Waals surface area contributed by atoms with E-state index in [4.69, 9.17) is 13.9 Å². The van der Waals surface area contributed by atoms with Crippen molar-refractivity contribution in [2.24, 2.45) is 0 Å². The third kappa shape index (κ3) is 4.64. The molecule has 1 aromatic heterocycles. The lowest BCUT2D eigenvalue weighted by atomic mass is 10.1. The highest BCUT2D eigenvalue weighted by Gasteiger charge is 2.16. The van der Waals surface area contributed by atoms with Crippen LogP contribution in [0.3, 0.4) is 0 Å². The SMILES string of the molecule is O=C(CCc1ncc(-c2ccc(F)cc2)o1)OCC1CCCCO1. The van der Waals surface area contributed by atoms with E-state index in [0.29, 0.717) is 24.7 Å². The Bertz CT molecular complexity index is 662. The number of aromatic nitrogens is 1. The Kier molecular flexibility index (Phi) is 5.59. The van der Waals surface area contributed by atoms with Crippen molar-refractivity contribution in [3.8, 4) is 11.3 Å². The van der Waals surface area contributed by atoms with E-state index in [2.05, 4.69) is 4.98 Å². The molecule has 0 radical (unpaired) electrons. The molecule has 3 rings (SSSR count). The molecule has 0 spiro atoms. The maximum atomic E-state index is 12.9. The van der Waals surface area contributed by atoms with Gasteiger partial charge in [-0.05, 0) is 43.5 Å². The summed E-state index contributed by atoms with van der Waals surface area (Å²) in [5.74, 6) is 0.419. The van der Waals surface area contributed by atoms with E-state index in [9.17, 15) is 9.18 Å². The third-order valence-corrected chi connectivity index (χ3v) is 3.93. The van der Waals surface area contributed by atoms with Crippen molar-refractivity contribution in [2.45, 2.75) is 38.2 Å². The second-order valence-corrected chi connectivity index (χ2v) is 5.80. The molecule has 2 aromatic rings. The van der Waals surface area contributed by atoms with Crippen molar-refractivity contribution in [3.63, 3.8) is 0 Å². The van der Waals surface area contributed by atoms with Gasteiger partial charge in [0.25, 0.3) is 0 Å². The highest BCUT2D eigenvalue weighted by Crippen LogP contribution is 2.21. The summed E-state index contributed by atoms with van der Waals surface area (Å²) < 4.78 is 29.3. The lowest BCUT2D eigenvalue weighted by molar-refractivity contribution is -0.149. The number of benzene rings is 1. The van der Waals surface area contributed by atoms with Gasteiger partial charge in [-0.2, -0.15) is 0 Å². The van der Waals surface area contributed by atoms with E-state index in [-0.39, 0.29) is 24.3 Å². The van der Waals surface area contributed by atoms with Gasteiger partial charge < -0.3 is 13.9 Å². The minimum Gasteiger partial charge on any atom is -0.463 e. The summed E-state index contributed by atoms with van der Waals surface area (Å²) in [6, 6.07) is 5.97. The summed E-state index contributed by atoms with van der Waals surface area (Å²) in [7, 11) is 0. The van der Waals surface area contributed by atoms with E-state index in [1.54, 1.807) is 18.3 Å². The lowest BCUT2D eigenvalue weighted by Gasteiger charge is -2.21. The zero-order valence-electron chi connectivity index (χ0n) is 13.4. The normalized spacial score (nSPS) is 17.6. The molecule has 1 aliphatic heterocycles. The molecule has 0 aliphatic carbocycles. The molecular formula is C18H20FNO4. The van der Waals surface area contributed by atoms with E-state index in [1.807, 2.05) is 0 Å². The maximum Gasteiger partial charge on any atom is 0.306 e. The Labute approximate surface area is 139 Å². The first-order valence-electron chi connectivity index (χ1n) is 8.18. The van der Waals surface area contributed by atoms with E-state index >= 15 is 0 Å². The fourth-order valence-corrected chi connectivity index (χ4v) is 2.58. The Hall–Kier alpha value is -2.21. The van der Waals surface area contributed by atoms with Crippen molar-refractivity contribution in [2.75, 3.05) is 13.2 Å². The van der Waals surface area contributed by atoms with Gasteiger partial charge in [0.2, 0.25) is 0 Å². The van der Waals surface area contributed by atoms with Crippen LogP contribution in [-0.2, 0) is 20.7 Å². The van der Waals surface area contributed by atoms with Crippen LogP contribution in [0.1, 0.15) is 31.6 Å². The number of carbonyl (C=O) groups excluding carboxylic acids is 1. The molecule has 1 unspecified atom stereocenters. The van der Waals surface area contributed by atoms with Gasteiger partial charge in [-0.25, -0.2) is 9.37 Å². The number of nitrogens with zero attached hydrogens (tertiary/aromatic N) is 1. The summed E-state index contributed by atoms with van der Waals surface area (Å²) in [5.41, 5.74) is 0.743. The van der Waals surface area contributed by atoms with Gasteiger partial charge in [-0.15, -0.1) is 0 Å². The summed E-state index contributed by atoms with van der Waals surface area (Å²) >= 11 is 0. The number of rotatable bonds is 6. The standard InChI is InChI=1S/C18H20FNO4/c19-14-6-4-13(5-7-14)16-11-20-17(24-16)8-9-18(21)23-12-15-3-1-2-10-22-15/h4-7,11,15H,1-3,8-10,12H2. The quantitative estimate of drug-likeness (QED) is 0.757. The fourth-order valence-electron chi connectivity index (χ4n) is 2.58. The maximum absolute atomic E-state index is 12.9. The van der Waals surface area contributed by atoms with Crippen LogP contribution in [0, 0.1) is 5.82 Å². The third-order valence-electron chi connectivity index (χ3n) is 3.93. The topological polar surface area (TPSA) is 61.6 Å². The van der Waals surface area contributed by atoms with Gasteiger partial charge in [0, 0.05) is 18.6 Å². The second-order valence-electron chi connectivity index (χ2n) is 5.80. The van der Waals surface area contributed by atoms with Crippen LogP contribution in [0.2, 0.25) is 0 Å². The molecule has 2 heterocycles. The molecule has 1 saturated heterocycles. The Balaban J connectivity index is 1.44. The number of aryl methyl sites for hydroxylation is 1. The zero-order valence-corrected chi connectivity index (χ0v) is 13.4. The number of esters is 1. The monoisotopic (exact) mass is 333 g/mol. The highest BCUT2D eigenvalue weighted by atomic mass is 19.1. The first-order chi connectivity index (χ1) is 11.7. The van der Waals surface area contributed by atoms with Crippen LogP contribution in [0.5, 0.6) is 0 Å². The second kappa shape index (κ2) is 8.06. The molecule has 128 valence electrons. The predicted molar refractivity (Wildman–Crippen MR) is 84.8 cm³/mol. The Morgan fingerprint density at radius 1 is 1.29 bits per heavy atom. The Morgan fingerprint density at radius 3 is 2.88 bits per heavy atom. The summed E-state index contributed by atoms with van der Waals surface area (Å²) in [4.78, 5) is 15.9. The van der Waals surface area contributed by atoms with Gasteiger partial charge in [0.05, 0.1) is 18.7 Å². The van der Waals surface area contributed by atoms with Gasteiger partial charge in [-0.1, -0.05) is 0 Å². The molecule has 0 amide bonds. The summed E-state index contributed by atoms with van der Waals surface area (Å²) in [6.07, 6.45) is 5.30. The molecule has 1 atom stereocenters. The van der Waals surface area contributed by atoms with E-state index < -0.39 is 0 Å². The molecule has 6 heteroatoms. The number of hydrogen-bond donors (Lipinski definition) is 0. The van der Waals surface area contributed by atoms with Crippen LogP contribution >= 0.6 is 0 Å². The van der Waals surface area contributed by atoms with Crippen LogP contribution in [0.15, 0.2) is 34.9 Å². The van der Waals surface area contributed by atoms with Crippen LogP contribution < -0.4 is 0 Å². The molecule has 0 N–H and O–H groups in total. The first kappa shape index (κ1) is 16.6. The molecule has 1 aromatic carbocycles. The van der Waals surface area contributed by atoms with Crippen molar-refractivity contribution in [1.29, 1.82) is 0 Å². The molecular weight excluding hydrogens is 313 g/mol. The highest BCUT2D eigenvalue weighted by molar-refractivity contribution is 5.69. The average molecular weight is 333 g/mol. The van der Waals surface area contributed by atoms with E-state index in [0.717, 1.165) is 31.4 Å². The van der Waals surface area contributed by atoms with Crippen LogP contribution in [-0.4, -0.2) is 30.3 Å². The number of ether oxygens (including phenoxy) is 2. The van der Waals surface area contributed by atoms with Gasteiger partial charge >= 0.3 is 5.97 Å². The van der Waals surface area contributed by atoms with Gasteiger partial charge in [-0.3, -0.25) is 4.79 Å². The molecule has 0 saturated carbocycles. The van der Waals surface area contributed by atoms with Gasteiger partial charge in [0.1, 0.15) is 12.4 Å². The van der Waals surface area contributed by atoms with Crippen molar-refractivity contribution >= 4 is 5.97 Å².